The van der Waals surface area contributed by atoms with E-state index in [0.29, 0.717) is 52.0 Å². The topological polar surface area (TPSA) is 107 Å². The average Bonchev–Trinajstić information content (AvgIpc) is 2.46. The predicted molar refractivity (Wildman–Crippen MR) is 65.8 cm³/mol. The Kier molecular flexibility index (Phi) is 6.69. The van der Waals surface area contributed by atoms with Gasteiger partial charge in [0.05, 0.1) is 0 Å². The minimum absolute atomic E-state index is 0.294. The minimum atomic E-state index is -0.294. The second-order valence-electron chi connectivity index (χ2n) is 4.16. The van der Waals surface area contributed by atoms with E-state index in [1.165, 1.54) is 9.80 Å². The van der Waals surface area contributed by atoms with Crippen LogP contribution in [0.25, 0.3) is 0 Å². The fourth-order valence-electron chi connectivity index (χ4n) is 1.77. The molecule has 8 heteroatoms. The summed E-state index contributed by atoms with van der Waals surface area (Å²) in [5.41, 5.74) is 0. The van der Waals surface area contributed by atoms with E-state index >= 15 is 0 Å². The third-order valence-electron chi connectivity index (χ3n) is 2.81. The quantitative estimate of drug-likeness (QED) is 0.442. The van der Waals surface area contributed by atoms with E-state index in [1.54, 1.807) is 12.5 Å². The maximum Gasteiger partial charge on any atom is 0.336 e. The molecule has 0 spiro atoms. The van der Waals surface area contributed by atoms with Gasteiger partial charge in [-0.25, -0.2) is 19.4 Å². The molecule has 0 aliphatic carbocycles. The van der Waals surface area contributed by atoms with Crippen LogP contribution in [0.1, 0.15) is 25.7 Å². The van der Waals surface area contributed by atoms with E-state index < -0.39 is 0 Å². The Hall–Kier alpha value is -2.48. The summed E-state index contributed by atoms with van der Waals surface area (Å²) in [5.74, 6) is 0. The number of urea groups is 2. The molecular formula is C12H16N4O4. The highest BCUT2D eigenvalue weighted by molar-refractivity contribution is 6.11. The van der Waals surface area contributed by atoms with Crippen LogP contribution in [0.2, 0.25) is 0 Å². The van der Waals surface area contributed by atoms with Crippen molar-refractivity contribution in [2.45, 2.75) is 25.7 Å². The van der Waals surface area contributed by atoms with Gasteiger partial charge >= 0.3 is 12.1 Å². The van der Waals surface area contributed by atoms with Crippen LogP contribution in [0, 0.1) is 23.0 Å². The third-order valence-corrected chi connectivity index (χ3v) is 2.81. The standard InChI is InChI=1S/C12H16N4O4/c13-9-19-7-3-1-5-15-11(17)16(12(15)18)6-2-4-8-20-10-14/h1-8H2. The van der Waals surface area contributed by atoms with E-state index in [4.69, 9.17) is 10.5 Å². The van der Waals surface area contributed by atoms with Gasteiger partial charge in [-0.3, -0.25) is 0 Å². The van der Waals surface area contributed by atoms with Crippen molar-refractivity contribution in [3.8, 4) is 12.5 Å². The van der Waals surface area contributed by atoms with E-state index in [2.05, 4.69) is 9.47 Å². The molecule has 1 rings (SSSR count). The first kappa shape index (κ1) is 15.6. The lowest BCUT2D eigenvalue weighted by Gasteiger charge is -2.39. The number of ether oxygens (including phenoxy) is 2. The maximum atomic E-state index is 11.7. The smallest absolute Gasteiger partial charge is 0.336 e. The van der Waals surface area contributed by atoms with Crippen LogP contribution in [-0.2, 0) is 9.47 Å². The summed E-state index contributed by atoms with van der Waals surface area (Å²) in [6, 6.07) is -0.588. The van der Waals surface area contributed by atoms with Gasteiger partial charge in [0, 0.05) is 13.1 Å². The lowest BCUT2D eigenvalue weighted by atomic mass is 10.2. The first-order chi connectivity index (χ1) is 9.72. The van der Waals surface area contributed by atoms with Gasteiger partial charge in [-0.1, -0.05) is 0 Å². The molecule has 0 atom stereocenters. The molecule has 1 aliphatic rings. The highest BCUT2D eigenvalue weighted by Crippen LogP contribution is 2.17. The van der Waals surface area contributed by atoms with Crippen molar-refractivity contribution in [3.63, 3.8) is 0 Å². The highest BCUT2D eigenvalue weighted by Gasteiger charge is 2.42. The summed E-state index contributed by atoms with van der Waals surface area (Å²) in [6.45, 7) is 1.30. The number of carbonyl (C=O) groups excluding carboxylic acids is 2. The highest BCUT2D eigenvalue weighted by atomic mass is 16.5. The van der Waals surface area contributed by atoms with Gasteiger partial charge in [-0.15, -0.1) is 0 Å². The number of nitrogens with zero attached hydrogens (tertiary/aromatic N) is 4. The van der Waals surface area contributed by atoms with Crippen molar-refractivity contribution in [1.29, 1.82) is 10.5 Å². The number of rotatable bonds is 10. The van der Waals surface area contributed by atoms with E-state index in [-0.39, 0.29) is 12.1 Å². The fraction of sp³-hybridized carbons (Fsp3) is 0.667. The van der Waals surface area contributed by atoms with Gasteiger partial charge in [0.15, 0.2) is 0 Å². The zero-order chi connectivity index (χ0) is 14.8. The van der Waals surface area contributed by atoms with Gasteiger partial charge < -0.3 is 9.47 Å². The van der Waals surface area contributed by atoms with Crippen molar-refractivity contribution < 1.29 is 19.1 Å². The Bertz CT molecular complexity index is 374. The second-order valence-corrected chi connectivity index (χ2v) is 4.16. The third kappa shape index (κ3) is 4.32. The average molecular weight is 280 g/mol. The first-order valence-electron chi connectivity index (χ1n) is 6.37. The number of unbranched alkanes of at least 4 members (excludes halogenated alkanes) is 2. The van der Waals surface area contributed by atoms with Crippen molar-refractivity contribution in [2.24, 2.45) is 0 Å². The van der Waals surface area contributed by atoms with Crippen LogP contribution in [0.15, 0.2) is 0 Å². The molecule has 0 radical (unpaired) electrons. The van der Waals surface area contributed by atoms with Crippen molar-refractivity contribution in [1.82, 2.24) is 9.80 Å². The Morgan fingerprint density at radius 2 is 1.20 bits per heavy atom. The minimum Gasteiger partial charge on any atom is -0.428 e. The van der Waals surface area contributed by atoms with Crippen LogP contribution in [-0.4, -0.2) is 48.2 Å². The lowest BCUT2D eigenvalue weighted by molar-refractivity contribution is 0.102. The number of amides is 4. The Labute approximate surface area is 117 Å². The van der Waals surface area contributed by atoms with Crippen molar-refractivity contribution in [3.05, 3.63) is 0 Å². The molecule has 0 unspecified atom stereocenters. The molecule has 0 bridgehead atoms. The Balaban J connectivity index is 2.12. The molecule has 0 aromatic rings. The molecule has 4 amide bonds. The summed E-state index contributed by atoms with van der Waals surface area (Å²) in [4.78, 5) is 25.7. The van der Waals surface area contributed by atoms with Gasteiger partial charge in [-0.2, -0.15) is 10.5 Å². The molecular weight excluding hydrogens is 264 g/mol. The zero-order valence-corrected chi connectivity index (χ0v) is 11.1. The predicted octanol–water partition coefficient (Wildman–Crippen LogP) is 1.40. The number of hydrogen-bond acceptors (Lipinski definition) is 6. The lowest BCUT2D eigenvalue weighted by Crippen LogP contribution is -2.64. The summed E-state index contributed by atoms with van der Waals surface area (Å²) >= 11 is 0. The zero-order valence-electron chi connectivity index (χ0n) is 11.1. The molecule has 108 valence electrons. The summed E-state index contributed by atoms with van der Waals surface area (Å²) in [7, 11) is 0. The van der Waals surface area contributed by atoms with Crippen LogP contribution in [0.5, 0.6) is 0 Å². The second kappa shape index (κ2) is 8.59. The monoisotopic (exact) mass is 280 g/mol. The SMILES string of the molecule is N#COCCCCN1C(=O)N(CCCCOC#N)C1=O. The fourth-order valence-corrected chi connectivity index (χ4v) is 1.77. The van der Waals surface area contributed by atoms with Crippen LogP contribution in [0.4, 0.5) is 9.59 Å². The van der Waals surface area contributed by atoms with Gasteiger partial charge in [0.2, 0.25) is 0 Å². The summed E-state index contributed by atoms with van der Waals surface area (Å²) in [5, 5.41) is 16.3. The number of imide groups is 2. The largest absolute Gasteiger partial charge is 0.428 e. The van der Waals surface area contributed by atoms with Crippen LogP contribution in [0.3, 0.4) is 0 Å². The number of hydrogen-bond donors (Lipinski definition) is 0. The summed E-state index contributed by atoms with van der Waals surface area (Å²) < 4.78 is 9.00. The maximum absolute atomic E-state index is 11.7. The van der Waals surface area contributed by atoms with Crippen LogP contribution < -0.4 is 0 Å². The van der Waals surface area contributed by atoms with Gasteiger partial charge in [0.25, 0.3) is 12.5 Å². The Morgan fingerprint density at radius 3 is 1.55 bits per heavy atom. The molecule has 0 N–H and O–H groups in total. The summed E-state index contributed by atoms with van der Waals surface area (Å²) in [6.07, 6.45) is 5.59. The van der Waals surface area contributed by atoms with E-state index in [0.717, 1.165) is 0 Å². The van der Waals surface area contributed by atoms with Gasteiger partial charge in [0.1, 0.15) is 13.2 Å². The Morgan fingerprint density at radius 1 is 0.800 bits per heavy atom. The molecule has 1 fully saturated rings. The molecule has 0 saturated carbocycles. The molecule has 0 aromatic heterocycles. The molecule has 1 saturated heterocycles. The first-order valence-corrected chi connectivity index (χ1v) is 6.37. The van der Waals surface area contributed by atoms with Crippen molar-refractivity contribution in [2.75, 3.05) is 26.3 Å². The molecule has 8 nitrogen and oxygen atoms in total. The number of nitriles is 2. The molecule has 1 heterocycles. The number of carbonyl (C=O) groups is 2. The van der Waals surface area contributed by atoms with Crippen molar-refractivity contribution >= 4 is 12.1 Å². The van der Waals surface area contributed by atoms with Gasteiger partial charge in [-0.05, 0) is 25.7 Å². The van der Waals surface area contributed by atoms with E-state index in [1.807, 2.05) is 0 Å². The normalized spacial score (nSPS) is 13.5. The molecule has 1 aliphatic heterocycles. The van der Waals surface area contributed by atoms with Crippen LogP contribution >= 0.6 is 0 Å². The molecule has 20 heavy (non-hydrogen) atoms. The molecule has 0 aromatic carbocycles. The van der Waals surface area contributed by atoms with E-state index in [9.17, 15) is 9.59 Å².